The number of benzene rings is 1. The molecule has 3 aromatic rings. The highest BCUT2D eigenvalue weighted by Gasteiger charge is 2.18. The quantitative estimate of drug-likeness (QED) is 0.676. The predicted molar refractivity (Wildman–Crippen MR) is 81.0 cm³/mol. The normalized spacial score (nSPS) is 13.0. The Morgan fingerprint density at radius 2 is 2.05 bits per heavy atom. The lowest BCUT2D eigenvalue weighted by Crippen LogP contribution is -1.95. The number of aromatic nitrogens is 2. The number of hydrogen-bond donors (Lipinski definition) is 0. The summed E-state index contributed by atoms with van der Waals surface area (Å²) in [5.41, 5.74) is 4.88. The second kappa shape index (κ2) is 4.67. The number of ether oxygens (including phenoxy) is 2. The number of alkyl halides is 1. The highest BCUT2D eigenvalue weighted by atomic mass is 35.5. The van der Waals surface area contributed by atoms with Crippen LogP contribution < -0.4 is 9.47 Å². The van der Waals surface area contributed by atoms with Crippen LogP contribution in [0.3, 0.4) is 0 Å². The van der Waals surface area contributed by atoms with Gasteiger partial charge in [-0.05, 0) is 37.3 Å². The van der Waals surface area contributed by atoms with E-state index in [9.17, 15) is 0 Å². The number of fused-ring (bicyclic) bond motifs is 2. The van der Waals surface area contributed by atoms with E-state index in [1.807, 2.05) is 43.3 Å². The molecule has 0 N–H and O–H groups in total. The molecule has 1 aliphatic heterocycles. The number of rotatable bonds is 2. The van der Waals surface area contributed by atoms with Crippen molar-refractivity contribution in [1.82, 2.24) is 9.38 Å². The fraction of sp³-hybridized carbons (Fsp3) is 0.188. The number of pyridine rings is 1. The van der Waals surface area contributed by atoms with Gasteiger partial charge in [-0.25, -0.2) is 4.98 Å². The topological polar surface area (TPSA) is 35.8 Å². The lowest BCUT2D eigenvalue weighted by Gasteiger charge is -2.05. The van der Waals surface area contributed by atoms with Crippen LogP contribution in [-0.4, -0.2) is 16.2 Å². The molecule has 0 saturated carbocycles. The van der Waals surface area contributed by atoms with Gasteiger partial charge in [-0.2, -0.15) is 0 Å². The molecule has 0 atom stereocenters. The molecule has 2 aromatic heterocycles. The molecular formula is C16H13ClN2O2. The number of nitrogens with zero attached hydrogens (tertiary/aromatic N) is 2. The third kappa shape index (κ3) is 1.87. The molecule has 21 heavy (non-hydrogen) atoms. The SMILES string of the molecule is Cc1cccc2nc(-c3ccc4c(c3)OCO4)c(CCl)n12. The summed E-state index contributed by atoms with van der Waals surface area (Å²) in [5.74, 6) is 1.92. The van der Waals surface area contributed by atoms with Crippen molar-refractivity contribution in [3.05, 3.63) is 47.8 Å². The van der Waals surface area contributed by atoms with Crippen LogP contribution in [0, 0.1) is 6.92 Å². The Hall–Kier alpha value is -2.20. The predicted octanol–water partition coefficient (Wildman–Crippen LogP) is 3.78. The second-order valence-corrected chi connectivity index (χ2v) is 5.24. The molecule has 3 heterocycles. The third-order valence-electron chi connectivity index (χ3n) is 3.71. The molecule has 0 fully saturated rings. The minimum absolute atomic E-state index is 0.269. The van der Waals surface area contributed by atoms with Crippen LogP contribution in [0.5, 0.6) is 11.5 Å². The summed E-state index contributed by atoms with van der Waals surface area (Å²) in [6.45, 7) is 2.32. The highest BCUT2D eigenvalue weighted by molar-refractivity contribution is 6.17. The maximum absolute atomic E-state index is 6.17. The Kier molecular flexibility index (Phi) is 2.79. The molecule has 0 aliphatic carbocycles. The summed E-state index contributed by atoms with van der Waals surface area (Å²) >= 11 is 6.17. The first-order valence-corrected chi connectivity index (χ1v) is 7.24. The largest absolute Gasteiger partial charge is 0.454 e. The maximum atomic E-state index is 6.17. The van der Waals surface area contributed by atoms with Crippen LogP contribution in [-0.2, 0) is 5.88 Å². The fourth-order valence-corrected chi connectivity index (χ4v) is 2.97. The van der Waals surface area contributed by atoms with Gasteiger partial charge in [-0.1, -0.05) is 6.07 Å². The monoisotopic (exact) mass is 300 g/mol. The van der Waals surface area contributed by atoms with Crippen molar-refractivity contribution in [1.29, 1.82) is 0 Å². The van der Waals surface area contributed by atoms with Gasteiger partial charge < -0.3 is 9.47 Å². The molecule has 0 saturated heterocycles. The van der Waals surface area contributed by atoms with Crippen molar-refractivity contribution in [2.45, 2.75) is 12.8 Å². The first-order chi connectivity index (χ1) is 10.3. The van der Waals surface area contributed by atoms with E-state index in [2.05, 4.69) is 4.40 Å². The first kappa shape index (κ1) is 12.5. The van der Waals surface area contributed by atoms with Gasteiger partial charge in [0.2, 0.25) is 6.79 Å². The van der Waals surface area contributed by atoms with E-state index in [0.717, 1.165) is 39.8 Å². The molecule has 0 unspecified atom stereocenters. The van der Waals surface area contributed by atoms with Crippen molar-refractivity contribution in [2.24, 2.45) is 0 Å². The van der Waals surface area contributed by atoms with E-state index in [1.54, 1.807) is 0 Å². The Morgan fingerprint density at radius 3 is 2.90 bits per heavy atom. The molecule has 0 amide bonds. The van der Waals surface area contributed by atoms with Crippen LogP contribution in [0.1, 0.15) is 11.4 Å². The van der Waals surface area contributed by atoms with Gasteiger partial charge in [0.25, 0.3) is 0 Å². The molecule has 4 nitrogen and oxygen atoms in total. The Morgan fingerprint density at radius 1 is 1.19 bits per heavy atom. The van der Waals surface area contributed by atoms with E-state index < -0.39 is 0 Å². The van der Waals surface area contributed by atoms with Gasteiger partial charge in [0.1, 0.15) is 5.65 Å². The molecule has 0 spiro atoms. The molecular weight excluding hydrogens is 288 g/mol. The van der Waals surface area contributed by atoms with Gasteiger partial charge in [-0.15, -0.1) is 11.6 Å². The zero-order chi connectivity index (χ0) is 14.4. The average molecular weight is 301 g/mol. The molecule has 4 rings (SSSR count). The molecule has 1 aromatic carbocycles. The van der Waals surface area contributed by atoms with E-state index in [4.69, 9.17) is 26.1 Å². The summed E-state index contributed by atoms with van der Waals surface area (Å²) in [7, 11) is 0. The van der Waals surface area contributed by atoms with Gasteiger partial charge >= 0.3 is 0 Å². The molecule has 0 bridgehead atoms. The summed E-state index contributed by atoms with van der Waals surface area (Å²) < 4.78 is 12.9. The highest BCUT2D eigenvalue weighted by Crippen LogP contribution is 2.37. The first-order valence-electron chi connectivity index (χ1n) is 6.71. The van der Waals surface area contributed by atoms with E-state index in [1.165, 1.54) is 0 Å². The molecule has 5 heteroatoms. The number of aryl methyl sites for hydroxylation is 1. The van der Waals surface area contributed by atoms with Gasteiger partial charge in [0.05, 0.1) is 17.3 Å². The zero-order valence-corrected chi connectivity index (χ0v) is 12.2. The van der Waals surface area contributed by atoms with Crippen molar-refractivity contribution >= 4 is 17.2 Å². The Balaban J connectivity index is 1.96. The van der Waals surface area contributed by atoms with Crippen molar-refractivity contribution in [2.75, 3.05) is 6.79 Å². The van der Waals surface area contributed by atoms with Crippen LogP contribution in [0.15, 0.2) is 36.4 Å². The second-order valence-electron chi connectivity index (χ2n) is 4.97. The minimum Gasteiger partial charge on any atom is -0.454 e. The lowest BCUT2D eigenvalue weighted by molar-refractivity contribution is 0.174. The van der Waals surface area contributed by atoms with E-state index >= 15 is 0 Å². The van der Waals surface area contributed by atoms with Gasteiger partial charge in [0, 0.05) is 11.3 Å². The molecule has 1 aliphatic rings. The summed E-state index contributed by atoms with van der Waals surface area (Å²) in [4.78, 5) is 4.72. The molecule has 0 radical (unpaired) electrons. The third-order valence-corrected chi connectivity index (χ3v) is 3.96. The number of imidazole rings is 1. The van der Waals surface area contributed by atoms with Crippen LogP contribution in [0.4, 0.5) is 0 Å². The maximum Gasteiger partial charge on any atom is 0.231 e. The Labute approximate surface area is 126 Å². The van der Waals surface area contributed by atoms with E-state index in [-0.39, 0.29) is 6.79 Å². The van der Waals surface area contributed by atoms with Crippen LogP contribution in [0.25, 0.3) is 16.9 Å². The van der Waals surface area contributed by atoms with Crippen molar-refractivity contribution in [3.8, 4) is 22.8 Å². The Bertz CT molecular complexity index is 842. The van der Waals surface area contributed by atoms with Gasteiger partial charge in [0.15, 0.2) is 11.5 Å². The van der Waals surface area contributed by atoms with E-state index in [0.29, 0.717) is 5.88 Å². The van der Waals surface area contributed by atoms with Crippen LogP contribution in [0.2, 0.25) is 0 Å². The molecule has 106 valence electrons. The number of halogens is 1. The van der Waals surface area contributed by atoms with Crippen LogP contribution >= 0.6 is 11.6 Å². The average Bonchev–Trinajstić information content (AvgIpc) is 3.10. The lowest BCUT2D eigenvalue weighted by atomic mass is 10.1. The number of hydrogen-bond acceptors (Lipinski definition) is 3. The standard InChI is InChI=1S/C16H13ClN2O2/c1-10-3-2-4-15-18-16(12(8-17)19(10)15)11-5-6-13-14(7-11)21-9-20-13/h2-7H,8-9H2,1H3. The van der Waals surface area contributed by atoms with Crippen molar-refractivity contribution in [3.63, 3.8) is 0 Å². The van der Waals surface area contributed by atoms with Gasteiger partial charge in [-0.3, -0.25) is 4.40 Å². The summed E-state index contributed by atoms with van der Waals surface area (Å²) in [6.07, 6.45) is 0. The fourth-order valence-electron chi connectivity index (χ4n) is 2.72. The van der Waals surface area contributed by atoms with Crippen molar-refractivity contribution < 1.29 is 9.47 Å². The zero-order valence-electron chi connectivity index (χ0n) is 11.5. The minimum atomic E-state index is 0.269. The summed E-state index contributed by atoms with van der Waals surface area (Å²) in [5, 5.41) is 0. The smallest absolute Gasteiger partial charge is 0.231 e. The summed E-state index contributed by atoms with van der Waals surface area (Å²) in [6, 6.07) is 11.9.